The van der Waals surface area contributed by atoms with Crippen molar-refractivity contribution in [1.82, 2.24) is 5.32 Å². The summed E-state index contributed by atoms with van der Waals surface area (Å²) >= 11 is 0. The van der Waals surface area contributed by atoms with Crippen LogP contribution in [0.1, 0.15) is 12.5 Å². The minimum absolute atomic E-state index is 0.0916. The SMILES string of the molecule is CNC(=O)N1CCc2cc(NC(C)=O)ccc21. The van der Waals surface area contributed by atoms with Crippen LogP contribution in [0.2, 0.25) is 0 Å². The molecule has 90 valence electrons. The van der Waals surface area contributed by atoms with Crippen molar-refractivity contribution in [2.45, 2.75) is 13.3 Å². The highest BCUT2D eigenvalue weighted by Crippen LogP contribution is 2.30. The normalized spacial score (nSPS) is 13.2. The molecule has 1 heterocycles. The van der Waals surface area contributed by atoms with E-state index in [0.29, 0.717) is 6.54 Å². The quantitative estimate of drug-likeness (QED) is 0.769. The zero-order valence-corrected chi connectivity index (χ0v) is 9.91. The van der Waals surface area contributed by atoms with E-state index in [2.05, 4.69) is 10.6 Å². The van der Waals surface area contributed by atoms with Crippen LogP contribution in [0.4, 0.5) is 16.2 Å². The summed E-state index contributed by atoms with van der Waals surface area (Å²) in [6.07, 6.45) is 0.816. The molecule has 1 aliphatic heterocycles. The van der Waals surface area contributed by atoms with E-state index in [1.807, 2.05) is 18.2 Å². The molecule has 1 aromatic carbocycles. The average molecular weight is 233 g/mol. The van der Waals surface area contributed by atoms with Gasteiger partial charge in [-0.2, -0.15) is 0 Å². The number of fused-ring (bicyclic) bond motifs is 1. The maximum atomic E-state index is 11.6. The zero-order chi connectivity index (χ0) is 12.4. The van der Waals surface area contributed by atoms with Crippen LogP contribution in [0, 0.1) is 0 Å². The number of carbonyl (C=O) groups is 2. The molecule has 17 heavy (non-hydrogen) atoms. The number of amides is 3. The molecule has 0 atom stereocenters. The van der Waals surface area contributed by atoms with Gasteiger partial charge in [0.05, 0.1) is 0 Å². The summed E-state index contributed by atoms with van der Waals surface area (Å²) in [4.78, 5) is 24.2. The summed E-state index contributed by atoms with van der Waals surface area (Å²) in [6.45, 7) is 2.16. The molecule has 0 aromatic heterocycles. The highest BCUT2D eigenvalue weighted by molar-refractivity contribution is 5.95. The van der Waals surface area contributed by atoms with Crippen molar-refractivity contribution in [3.63, 3.8) is 0 Å². The van der Waals surface area contributed by atoms with E-state index in [1.54, 1.807) is 11.9 Å². The maximum Gasteiger partial charge on any atom is 0.321 e. The fourth-order valence-corrected chi connectivity index (χ4v) is 2.03. The Labute approximate surface area is 99.8 Å². The Bertz CT molecular complexity index is 471. The number of carbonyl (C=O) groups excluding carboxylic acids is 2. The third-order valence-electron chi connectivity index (χ3n) is 2.75. The second-order valence-corrected chi connectivity index (χ2v) is 3.98. The molecule has 0 saturated heterocycles. The minimum Gasteiger partial charge on any atom is -0.341 e. The van der Waals surface area contributed by atoms with Crippen molar-refractivity contribution in [2.75, 3.05) is 23.8 Å². The van der Waals surface area contributed by atoms with Gasteiger partial charge in [0.25, 0.3) is 0 Å². The second-order valence-electron chi connectivity index (χ2n) is 3.98. The van der Waals surface area contributed by atoms with Gasteiger partial charge in [0, 0.05) is 31.9 Å². The van der Waals surface area contributed by atoms with Gasteiger partial charge in [-0.05, 0) is 30.2 Å². The number of nitrogens with zero attached hydrogens (tertiary/aromatic N) is 1. The molecule has 0 unspecified atom stereocenters. The van der Waals surface area contributed by atoms with Crippen molar-refractivity contribution in [3.8, 4) is 0 Å². The van der Waals surface area contributed by atoms with E-state index in [1.165, 1.54) is 6.92 Å². The molecule has 0 saturated carbocycles. The molecular formula is C12H15N3O2. The van der Waals surface area contributed by atoms with Crippen molar-refractivity contribution in [3.05, 3.63) is 23.8 Å². The predicted octanol–water partition coefficient (Wildman–Crippen LogP) is 1.35. The minimum atomic E-state index is -0.101. The lowest BCUT2D eigenvalue weighted by atomic mass is 10.1. The highest BCUT2D eigenvalue weighted by atomic mass is 16.2. The molecule has 2 N–H and O–H groups in total. The molecular weight excluding hydrogens is 218 g/mol. The highest BCUT2D eigenvalue weighted by Gasteiger charge is 2.23. The lowest BCUT2D eigenvalue weighted by Gasteiger charge is -2.16. The topological polar surface area (TPSA) is 61.4 Å². The van der Waals surface area contributed by atoms with Gasteiger partial charge in [0.2, 0.25) is 5.91 Å². The lowest BCUT2D eigenvalue weighted by Crippen LogP contribution is -2.36. The molecule has 2 rings (SSSR count). The molecule has 0 aliphatic carbocycles. The molecule has 5 heteroatoms. The van der Waals surface area contributed by atoms with Crippen LogP contribution in [-0.4, -0.2) is 25.5 Å². The smallest absolute Gasteiger partial charge is 0.321 e. The van der Waals surface area contributed by atoms with E-state index in [4.69, 9.17) is 0 Å². The Morgan fingerprint density at radius 2 is 2.12 bits per heavy atom. The van der Waals surface area contributed by atoms with Crippen molar-refractivity contribution < 1.29 is 9.59 Å². The van der Waals surface area contributed by atoms with Gasteiger partial charge in [0.15, 0.2) is 0 Å². The van der Waals surface area contributed by atoms with Gasteiger partial charge in [-0.25, -0.2) is 4.79 Å². The Morgan fingerprint density at radius 3 is 2.76 bits per heavy atom. The van der Waals surface area contributed by atoms with Gasteiger partial charge in [-0.15, -0.1) is 0 Å². The first-order valence-corrected chi connectivity index (χ1v) is 5.51. The third kappa shape index (κ3) is 2.22. The third-order valence-corrected chi connectivity index (χ3v) is 2.75. The number of urea groups is 1. The number of rotatable bonds is 1. The Hall–Kier alpha value is -2.04. The monoisotopic (exact) mass is 233 g/mol. The van der Waals surface area contributed by atoms with Crippen LogP contribution in [0.3, 0.4) is 0 Å². The first kappa shape index (κ1) is 11.4. The summed E-state index contributed by atoms with van der Waals surface area (Å²) in [5.41, 5.74) is 2.77. The summed E-state index contributed by atoms with van der Waals surface area (Å²) in [5.74, 6) is -0.0916. The molecule has 3 amide bonds. The largest absolute Gasteiger partial charge is 0.341 e. The van der Waals surface area contributed by atoms with Gasteiger partial charge >= 0.3 is 6.03 Å². The number of nitrogens with one attached hydrogen (secondary N) is 2. The van der Waals surface area contributed by atoms with E-state index in [0.717, 1.165) is 23.4 Å². The van der Waals surface area contributed by atoms with Crippen LogP contribution < -0.4 is 15.5 Å². The van der Waals surface area contributed by atoms with Crippen molar-refractivity contribution >= 4 is 23.3 Å². The predicted molar refractivity (Wildman–Crippen MR) is 66.3 cm³/mol. The van der Waals surface area contributed by atoms with Gasteiger partial charge in [-0.3, -0.25) is 9.69 Å². The van der Waals surface area contributed by atoms with E-state index < -0.39 is 0 Å². The van der Waals surface area contributed by atoms with Crippen LogP contribution in [0.5, 0.6) is 0 Å². The molecule has 1 aromatic rings. The Morgan fingerprint density at radius 1 is 1.35 bits per heavy atom. The zero-order valence-electron chi connectivity index (χ0n) is 9.91. The second kappa shape index (κ2) is 4.45. The van der Waals surface area contributed by atoms with Crippen LogP contribution >= 0.6 is 0 Å². The number of benzene rings is 1. The Balaban J connectivity index is 2.25. The molecule has 1 aliphatic rings. The average Bonchev–Trinajstić information content (AvgIpc) is 2.70. The molecule has 5 nitrogen and oxygen atoms in total. The fraction of sp³-hybridized carbons (Fsp3) is 0.333. The Kier molecular flexibility index (Phi) is 2.99. The van der Waals surface area contributed by atoms with E-state index in [9.17, 15) is 9.59 Å². The van der Waals surface area contributed by atoms with Crippen LogP contribution in [-0.2, 0) is 11.2 Å². The molecule has 0 radical (unpaired) electrons. The van der Waals surface area contributed by atoms with E-state index >= 15 is 0 Å². The maximum absolute atomic E-state index is 11.6. The fourth-order valence-electron chi connectivity index (χ4n) is 2.03. The summed E-state index contributed by atoms with van der Waals surface area (Å²) in [6, 6.07) is 5.49. The first-order valence-electron chi connectivity index (χ1n) is 5.51. The van der Waals surface area contributed by atoms with Crippen LogP contribution in [0.15, 0.2) is 18.2 Å². The molecule has 0 spiro atoms. The molecule has 0 fully saturated rings. The lowest BCUT2D eigenvalue weighted by molar-refractivity contribution is -0.114. The van der Waals surface area contributed by atoms with Gasteiger partial charge in [0.1, 0.15) is 0 Å². The number of anilines is 2. The van der Waals surface area contributed by atoms with Gasteiger partial charge in [-0.1, -0.05) is 0 Å². The van der Waals surface area contributed by atoms with Crippen LogP contribution in [0.25, 0.3) is 0 Å². The number of hydrogen-bond donors (Lipinski definition) is 2. The number of hydrogen-bond acceptors (Lipinski definition) is 2. The summed E-state index contributed by atoms with van der Waals surface area (Å²) in [5, 5.41) is 5.35. The van der Waals surface area contributed by atoms with Gasteiger partial charge < -0.3 is 10.6 Å². The summed E-state index contributed by atoms with van der Waals surface area (Å²) < 4.78 is 0. The first-order chi connectivity index (χ1) is 8.11. The van der Waals surface area contributed by atoms with Crippen molar-refractivity contribution in [2.24, 2.45) is 0 Å². The summed E-state index contributed by atoms with van der Waals surface area (Å²) in [7, 11) is 1.62. The van der Waals surface area contributed by atoms with Crippen molar-refractivity contribution in [1.29, 1.82) is 0 Å². The van der Waals surface area contributed by atoms with E-state index in [-0.39, 0.29) is 11.9 Å². The standard InChI is InChI=1S/C12H15N3O2/c1-8(16)14-10-3-4-11-9(7-10)5-6-15(11)12(17)13-2/h3-4,7H,5-6H2,1-2H3,(H,13,17)(H,14,16). The molecule has 0 bridgehead atoms.